The maximum Gasteiger partial charge on any atom is 0.322 e. The van der Waals surface area contributed by atoms with Crippen molar-refractivity contribution in [3.8, 4) is 0 Å². The van der Waals surface area contributed by atoms with Crippen LogP contribution in [0.25, 0.3) is 0 Å². The highest BCUT2D eigenvalue weighted by Gasteiger charge is 2.18. The number of nitrogens with one attached hydrogen (secondary N) is 1. The first-order chi connectivity index (χ1) is 12.5. The summed E-state index contributed by atoms with van der Waals surface area (Å²) in [6.45, 7) is 6.83. The summed E-state index contributed by atoms with van der Waals surface area (Å²) in [7, 11) is 0. The van der Waals surface area contributed by atoms with Crippen LogP contribution in [0.15, 0.2) is 65.1 Å². The van der Waals surface area contributed by atoms with Crippen LogP contribution in [0.5, 0.6) is 0 Å². The lowest BCUT2D eigenvalue weighted by molar-refractivity contribution is 0.201. The van der Waals surface area contributed by atoms with Crippen molar-refractivity contribution in [3.05, 3.63) is 88.9 Å². The lowest BCUT2D eigenvalue weighted by Gasteiger charge is -2.23. The molecule has 1 heterocycles. The number of para-hydroxylation sites is 1. The van der Waals surface area contributed by atoms with Crippen LogP contribution in [0.3, 0.4) is 0 Å². The molecule has 0 aliphatic heterocycles. The Balaban J connectivity index is 1.82. The van der Waals surface area contributed by atoms with E-state index < -0.39 is 0 Å². The van der Waals surface area contributed by atoms with Gasteiger partial charge in [0, 0.05) is 12.2 Å². The predicted octanol–water partition coefficient (Wildman–Crippen LogP) is 5.44. The van der Waals surface area contributed by atoms with E-state index in [0.29, 0.717) is 13.1 Å². The molecule has 2 amide bonds. The fourth-order valence-electron chi connectivity index (χ4n) is 2.96. The van der Waals surface area contributed by atoms with E-state index in [4.69, 9.17) is 4.42 Å². The molecule has 0 atom stereocenters. The Morgan fingerprint density at radius 1 is 0.885 bits per heavy atom. The predicted molar refractivity (Wildman–Crippen MR) is 104 cm³/mol. The van der Waals surface area contributed by atoms with Gasteiger partial charge in [0.05, 0.1) is 6.54 Å². The van der Waals surface area contributed by atoms with Crippen LogP contribution >= 0.6 is 0 Å². The molecule has 4 nitrogen and oxygen atoms in total. The summed E-state index contributed by atoms with van der Waals surface area (Å²) < 4.78 is 5.68. The minimum absolute atomic E-state index is 0.139. The topological polar surface area (TPSA) is 45.5 Å². The first-order valence-corrected chi connectivity index (χ1v) is 8.74. The van der Waals surface area contributed by atoms with Gasteiger partial charge in [-0.25, -0.2) is 4.79 Å². The quantitative estimate of drug-likeness (QED) is 0.667. The zero-order valence-electron chi connectivity index (χ0n) is 15.5. The molecule has 0 aliphatic carbocycles. The molecule has 4 heteroatoms. The van der Waals surface area contributed by atoms with Crippen LogP contribution in [-0.2, 0) is 13.1 Å². The maximum atomic E-state index is 13.0. The van der Waals surface area contributed by atoms with Gasteiger partial charge < -0.3 is 14.6 Å². The fourth-order valence-corrected chi connectivity index (χ4v) is 2.96. The number of nitrogens with zero attached hydrogens (tertiary/aromatic N) is 1. The van der Waals surface area contributed by atoms with E-state index in [9.17, 15) is 4.79 Å². The van der Waals surface area contributed by atoms with E-state index in [1.807, 2.05) is 81.4 Å². The average Bonchev–Trinajstić information content (AvgIpc) is 3.03. The molecule has 3 aromatic rings. The van der Waals surface area contributed by atoms with Crippen LogP contribution in [0.2, 0.25) is 0 Å². The number of carbonyl (C=O) groups excluding carboxylic acids is 1. The summed E-state index contributed by atoms with van der Waals surface area (Å²) in [6.07, 6.45) is 0. The molecule has 0 saturated carbocycles. The second-order valence-corrected chi connectivity index (χ2v) is 6.55. The molecule has 0 spiro atoms. The molecule has 0 saturated heterocycles. The van der Waals surface area contributed by atoms with Crippen molar-refractivity contribution in [2.24, 2.45) is 0 Å². The molecule has 0 aliphatic rings. The monoisotopic (exact) mass is 348 g/mol. The second kappa shape index (κ2) is 7.91. The lowest BCUT2D eigenvalue weighted by Crippen LogP contribution is -2.34. The number of anilines is 1. The molecule has 0 unspecified atom stereocenters. The Morgan fingerprint density at radius 2 is 1.58 bits per heavy atom. The molecule has 1 aromatic heterocycles. The Labute approximate surface area is 154 Å². The molecule has 0 radical (unpaired) electrons. The maximum absolute atomic E-state index is 13.0. The first kappa shape index (κ1) is 17.8. The summed E-state index contributed by atoms with van der Waals surface area (Å²) in [4.78, 5) is 14.8. The molecule has 134 valence electrons. The van der Waals surface area contributed by atoms with Gasteiger partial charge in [-0.3, -0.25) is 0 Å². The van der Waals surface area contributed by atoms with Gasteiger partial charge in [-0.05, 0) is 49.6 Å². The standard InChI is InChI=1S/C22H24N2O2/c1-16-8-7-9-17(2)21(16)23-22(25)24(14-19-10-5-4-6-11-19)15-20-13-12-18(3)26-20/h4-13H,14-15H2,1-3H3,(H,23,25). The smallest absolute Gasteiger partial charge is 0.322 e. The Kier molecular flexibility index (Phi) is 5.42. The van der Waals surface area contributed by atoms with Crippen LogP contribution in [-0.4, -0.2) is 10.9 Å². The molecule has 2 aromatic carbocycles. The molecular formula is C22H24N2O2. The van der Waals surface area contributed by atoms with Crippen LogP contribution in [0.1, 0.15) is 28.2 Å². The number of furan rings is 1. The summed E-state index contributed by atoms with van der Waals surface area (Å²) in [5, 5.41) is 3.07. The molecule has 26 heavy (non-hydrogen) atoms. The van der Waals surface area contributed by atoms with Gasteiger partial charge in [-0.2, -0.15) is 0 Å². The minimum atomic E-state index is -0.139. The Morgan fingerprint density at radius 3 is 2.19 bits per heavy atom. The number of carbonyl (C=O) groups is 1. The van der Waals surface area contributed by atoms with Gasteiger partial charge in [-0.1, -0.05) is 48.5 Å². The van der Waals surface area contributed by atoms with Crippen molar-refractivity contribution in [1.82, 2.24) is 4.90 Å². The minimum Gasteiger partial charge on any atom is -0.464 e. The van der Waals surface area contributed by atoms with E-state index in [-0.39, 0.29) is 6.03 Å². The van der Waals surface area contributed by atoms with Gasteiger partial charge in [-0.15, -0.1) is 0 Å². The highest BCUT2D eigenvalue weighted by atomic mass is 16.3. The van der Waals surface area contributed by atoms with Crippen molar-refractivity contribution in [2.45, 2.75) is 33.9 Å². The summed E-state index contributed by atoms with van der Waals surface area (Å²) >= 11 is 0. The first-order valence-electron chi connectivity index (χ1n) is 8.74. The van der Waals surface area contributed by atoms with Gasteiger partial charge in [0.1, 0.15) is 11.5 Å². The third kappa shape index (κ3) is 4.33. The number of hydrogen-bond donors (Lipinski definition) is 1. The number of benzene rings is 2. The van der Waals surface area contributed by atoms with Gasteiger partial charge in [0.25, 0.3) is 0 Å². The highest BCUT2D eigenvalue weighted by Crippen LogP contribution is 2.21. The molecule has 1 N–H and O–H groups in total. The van der Waals surface area contributed by atoms with Crippen molar-refractivity contribution >= 4 is 11.7 Å². The van der Waals surface area contributed by atoms with Crippen molar-refractivity contribution in [2.75, 3.05) is 5.32 Å². The molecular weight excluding hydrogens is 324 g/mol. The van der Waals surface area contributed by atoms with Crippen LogP contribution in [0, 0.1) is 20.8 Å². The van der Waals surface area contributed by atoms with E-state index in [0.717, 1.165) is 33.9 Å². The summed E-state index contributed by atoms with van der Waals surface area (Å²) in [5.74, 6) is 1.62. The Hall–Kier alpha value is -3.01. The Bertz CT molecular complexity index is 864. The van der Waals surface area contributed by atoms with E-state index in [1.54, 1.807) is 4.90 Å². The number of aryl methyl sites for hydroxylation is 3. The van der Waals surface area contributed by atoms with Gasteiger partial charge >= 0.3 is 6.03 Å². The van der Waals surface area contributed by atoms with Crippen LogP contribution < -0.4 is 5.32 Å². The van der Waals surface area contributed by atoms with E-state index in [2.05, 4.69) is 5.32 Å². The summed E-state index contributed by atoms with van der Waals surface area (Å²) in [5.41, 5.74) is 4.04. The third-order valence-corrected chi connectivity index (χ3v) is 4.36. The number of urea groups is 1. The molecule has 0 bridgehead atoms. The molecule has 0 fully saturated rings. The van der Waals surface area contributed by atoms with Crippen molar-refractivity contribution < 1.29 is 9.21 Å². The largest absolute Gasteiger partial charge is 0.464 e. The number of hydrogen-bond acceptors (Lipinski definition) is 2. The van der Waals surface area contributed by atoms with Crippen LogP contribution in [0.4, 0.5) is 10.5 Å². The third-order valence-electron chi connectivity index (χ3n) is 4.36. The molecule has 3 rings (SSSR count). The van der Waals surface area contributed by atoms with Crippen molar-refractivity contribution in [3.63, 3.8) is 0 Å². The summed E-state index contributed by atoms with van der Waals surface area (Å²) in [6, 6.07) is 19.7. The SMILES string of the molecule is Cc1ccc(CN(Cc2ccccc2)C(=O)Nc2c(C)cccc2C)o1. The zero-order chi connectivity index (χ0) is 18.5. The van der Waals surface area contributed by atoms with Crippen molar-refractivity contribution in [1.29, 1.82) is 0 Å². The number of amides is 2. The van der Waals surface area contributed by atoms with Gasteiger partial charge in [0.15, 0.2) is 0 Å². The normalized spacial score (nSPS) is 10.6. The lowest BCUT2D eigenvalue weighted by atomic mass is 10.1. The van der Waals surface area contributed by atoms with E-state index >= 15 is 0 Å². The fraction of sp³-hybridized carbons (Fsp3) is 0.227. The highest BCUT2D eigenvalue weighted by molar-refractivity contribution is 5.91. The van der Waals surface area contributed by atoms with Gasteiger partial charge in [0.2, 0.25) is 0 Å². The number of rotatable bonds is 5. The van der Waals surface area contributed by atoms with E-state index in [1.165, 1.54) is 0 Å². The average molecular weight is 348 g/mol. The zero-order valence-corrected chi connectivity index (χ0v) is 15.5. The second-order valence-electron chi connectivity index (χ2n) is 6.55.